The van der Waals surface area contributed by atoms with Gasteiger partial charge in [-0.25, -0.2) is 0 Å². The predicted molar refractivity (Wildman–Crippen MR) is 122 cm³/mol. The van der Waals surface area contributed by atoms with E-state index in [9.17, 15) is 0 Å². The highest BCUT2D eigenvalue weighted by atomic mass is 127. The van der Waals surface area contributed by atoms with Gasteiger partial charge in [0.2, 0.25) is 0 Å². The molecule has 1 aromatic carbocycles. The summed E-state index contributed by atoms with van der Waals surface area (Å²) in [5.74, 6) is 2.50. The van der Waals surface area contributed by atoms with E-state index in [-0.39, 0.29) is 24.0 Å². The van der Waals surface area contributed by atoms with Gasteiger partial charge in [0.05, 0.1) is 26.9 Å². The first-order chi connectivity index (χ1) is 13.2. The molecule has 8 heteroatoms. The van der Waals surface area contributed by atoms with Crippen molar-refractivity contribution in [2.24, 2.45) is 4.99 Å². The van der Waals surface area contributed by atoms with Crippen LogP contribution in [0.3, 0.4) is 0 Å². The van der Waals surface area contributed by atoms with Gasteiger partial charge in [-0.3, -0.25) is 9.89 Å². The third-order valence-corrected chi connectivity index (χ3v) is 5.22. The summed E-state index contributed by atoms with van der Waals surface area (Å²) in [6.07, 6.45) is 1.18. The highest BCUT2D eigenvalue weighted by Crippen LogP contribution is 2.28. The molecule has 0 saturated carbocycles. The average Bonchev–Trinajstić information content (AvgIpc) is 3.20. The zero-order chi connectivity index (χ0) is 19.1. The second kappa shape index (κ2) is 11.7. The second-order valence-electron chi connectivity index (χ2n) is 6.86. The Hall–Kier alpha value is -1.26. The SMILES string of the molecule is CCOc1cc(CNC(=NC)N2CCC(N3CCOCC3)C2)ccc1OC.I. The van der Waals surface area contributed by atoms with Crippen molar-refractivity contribution < 1.29 is 14.2 Å². The molecule has 0 spiro atoms. The van der Waals surface area contributed by atoms with Crippen LogP contribution in [-0.2, 0) is 11.3 Å². The van der Waals surface area contributed by atoms with Crippen molar-refractivity contribution in [2.45, 2.75) is 25.9 Å². The zero-order valence-corrected chi connectivity index (χ0v) is 19.5. The number of aliphatic imine (C=N–C) groups is 1. The fourth-order valence-electron chi connectivity index (χ4n) is 3.79. The van der Waals surface area contributed by atoms with Gasteiger partial charge >= 0.3 is 0 Å². The number of nitrogens with zero attached hydrogens (tertiary/aromatic N) is 3. The van der Waals surface area contributed by atoms with Crippen LogP contribution in [0.15, 0.2) is 23.2 Å². The van der Waals surface area contributed by atoms with Gasteiger partial charge in [0, 0.05) is 45.8 Å². The molecule has 1 aromatic rings. The van der Waals surface area contributed by atoms with E-state index in [1.54, 1.807) is 7.11 Å². The van der Waals surface area contributed by atoms with Gasteiger partial charge in [-0.2, -0.15) is 0 Å². The minimum absolute atomic E-state index is 0. The van der Waals surface area contributed by atoms with Gasteiger partial charge in [0.25, 0.3) is 0 Å². The number of ether oxygens (including phenoxy) is 3. The van der Waals surface area contributed by atoms with E-state index in [4.69, 9.17) is 14.2 Å². The van der Waals surface area contributed by atoms with Gasteiger partial charge in [-0.1, -0.05) is 6.07 Å². The van der Waals surface area contributed by atoms with Crippen LogP contribution in [0.4, 0.5) is 0 Å². The lowest BCUT2D eigenvalue weighted by Crippen LogP contribution is -2.46. The summed E-state index contributed by atoms with van der Waals surface area (Å²) >= 11 is 0. The quantitative estimate of drug-likeness (QED) is 0.364. The van der Waals surface area contributed by atoms with E-state index in [0.717, 1.165) is 62.4 Å². The second-order valence-corrected chi connectivity index (χ2v) is 6.86. The number of nitrogens with one attached hydrogen (secondary N) is 1. The Labute approximate surface area is 185 Å². The van der Waals surface area contributed by atoms with Crippen molar-refractivity contribution in [2.75, 3.05) is 60.2 Å². The fraction of sp³-hybridized carbons (Fsp3) is 0.650. The molecule has 0 aliphatic carbocycles. The number of hydrogen-bond acceptors (Lipinski definition) is 5. The molecule has 2 fully saturated rings. The molecule has 1 unspecified atom stereocenters. The minimum Gasteiger partial charge on any atom is -0.493 e. The summed E-state index contributed by atoms with van der Waals surface area (Å²) in [5, 5.41) is 3.49. The third kappa shape index (κ3) is 5.87. The van der Waals surface area contributed by atoms with Crippen molar-refractivity contribution in [3.63, 3.8) is 0 Å². The standard InChI is InChI=1S/C20H32N4O3.HI/c1-4-27-19-13-16(5-6-18(19)25-3)14-22-20(21-2)24-8-7-17(15-24)23-9-11-26-12-10-23;/h5-6,13,17H,4,7-12,14-15H2,1-3H3,(H,21,22);1H. The molecule has 2 saturated heterocycles. The Morgan fingerprint density at radius 2 is 2.04 bits per heavy atom. The van der Waals surface area contributed by atoms with E-state index in [0.29, 0.717) is 19.2 Å². The maximum Gasteiger partial charge on any atom is 0.193 e. The Bertz CT molecular complexity index is 638. The summed E-state index contributed by atoms with van der Waals surface area (Å²) in [6.45, 7) is 9.13. The van der Waals surface area contributed by atoms with Crippen molar-refractivity contribution >= 4 is 29.9 Å². The molecule has 2 heterocycles. The first-order valence-corrected chi connectivity index (χ1v) is 9.82. The first kappa shape index (κ1) is 23.0. The molecule has 2 aliphatic rings. The minimum atomic E-state index is 0. The van der Waals surface area contributed by atoms with E-state index in [1.165, 1.54) is 6.42 Å². The number of guanidine groups is 1. The predicted octanol–water partition coefficient (Wildman–Crippen LogP) is 2.19. The maximum absolute atomic E-state index is 5.67. The molecule has 0 amide bonds. The molecular formula is C20H33IN4O3. The van der Waals surface area contributed by atoms with E-state index < -0.39 is 0 Å². The normalized spacial score (nSPS) is 20.6. The number of morpholine rings is 1. The summed E-state index contributed by atoms with van der Waals surface area (Å²) < 4.78 is 16.5. The number of hydrogen-bond donors (Lipinski definition) is 1. The zero-order valence-electron chi connectivity index (χ0n) is 17.1. The lowest BCUT2D eigenvalue weighted by molar-refractivity contribution is 0.0195. The Morgan fingerprint density at radius 3 is 2.71 bits per heavy atom. The summed E-state index contributed by atoms with van der Waals surface area (Å²) in [7, 11) is 3.51. The summed E-state index contributed by atoms with van der Waals surface area (Å²) in [6, 6.07) is 6.64. The number of methoxy groups -OCH3 is 1. The highest BCUT2D eigenvalue weighted by Gasteiger charge is 2.30. The topological polar surface area (TPSA) is 58.6 Å². The van der Waals surface area contributed by atoms with Gasteiger partial charge in [0.15, 0.2) is 17.5 Å². The van der Waals surface area contributed by atoms with Gasteiger partial charge in [0.1, 0.15) is 0 Å². The third-order valence-electron chi connectivity index (χ3n) is 5.22. The summed E-state index contributed by atoms with van der Waals surface area (Å²) in [5.41, 5.74) is 1.14. The molecule has 1 atom stereocenters. The molecule has 3 rings (SSSR count). The first-order valence-electron chi connectivity index (χ1n) is 9.82. The summed E-state index contributed by atoms with van der Waals surface area (Å²) in [4.78, 5) is 9.39. The van der Waals surface area contributed by atoms with Crippen LogP contribution in [0.25, 0.3) is 0 Å². The number of rotatable bonds is 6. The molecular weight excluding hydrogens is 471 g/mol. The number of benzene rings is 1. The van der Waals surface area contributed by atoms with E-state index in [1.807, 2.05) is 26.1 Å². The van der Waals surface area contributed by atoms with Crippen molar-refractivity contribution in [1.82, 2.24) is 15.1 Å². The van der Waals surface area contributed by atoms with E-state index >= 15 is 0 Å². The highest BCUT2D eigenvalue weighted by molar-refractivity contribution is 14.0. The smallest absolute Gasteiger partial charge is 0.193 e. The molecule has 0 bridgehead atoms. The van der Waals surface area contributed by atoms with Crippen molar-refractivity contribution in [1.29, 1.82) is 0 Å². The van der Waals surface area contributed by atoms with Gasteiger partial charge in [-0.05, 0) is 31.0 Å². The number of halogens is 1. The van der Waals surface area contributed by atoms with Gasteiger partial charge in [-0.15, -0.1) is 24.0 Å². The lowest BCUT2D eigenvalue weighted by Gasteiger charge is -2.32. The molecule has 0 radical (unpaired) electrons. The molecule has 2 aliphatic heterocycles. The van der Waals surface area contributed by atoms with Crippen LogP contribution in [0, 0.1) is 0 Å². The van der Waals surface area contributed by atoms with Gasteiger partial charge < -0.3 is 24.4 Å². The Morgan fingerprint density at radius 1 is 1.25 bits per heavy atom. The number of likely N-dealkylation sites (tertiary alicyclic amines) is 1. The van der Waals surface area contributed by atoms with Crippen LogP contribution in [0.1, 0.15) is 18.9 Å². The van der Waals surface area contributed by atoms with Crippen molar-refractivity contribution in [3.8, 4) is 11.5 Å². The average molecular weight is 504 g/mol. The lowest BCUT2D eigenvalue weighted by atomic mass is 10.2. The maximum atomic E-state index is 5.67. The molecule has 158 valence electrons. The Kier molecular flexibility index (Phi) is 9.60. The molecule has 0 aromatic heterocycles. The molecule has 1 N–H and O–H groups in total. The van der Waals surface area contributed by atoms with E-state index in [2.05, 4.69) is 26.2 Å². The monoisotopic (exact) mass is 504 g/mol. The van der Waals surface area contributed by atoms with Crippen molar-refractivity contribution in [3.05, 3.63) is 23.8 Å². The fourth-order valence-corrected chi connectivity index (χ4v) is 3.79. The molecule has 28 heavy (non-hydrogen) atoms. The van der Waals surface area contributed by atoms with Crippen LogP contribution < -0.4 is 14.8 Å². The Balaban J connectivity index is 0.00000280. The van der Waals surface area contributed by atoms with Crippen LogP contribution in [-0.4, -0.2) is 82.0 Å². The largest absolute Gasteiger partial charge is 0.493 e. The van der Waals surface area contributed by atoms with Crippen LogP contribution >= 0.6 is 24.0 Å². The molecule has 7 nitrogen and oxygen atoms in total. The van der Waals surface area contributed by atoms with Crippen LogP contribution in [0.5, 0.6) is 11.5 Å². The van der Waals surface area contributed by atoms with Crippen LogP contribution in [0.2, 0.25) is 0 Å².